The predicted octanol–water partition coefficient (Wildman–Crippen LogP) is 1.88. The molecule has 16 heavy (non-hydrogen) atoms. The van der Waals surface area contributed by atoms with E-state index in [0.29, 0.717) is 24.5 Å². The van der Waals surface area contributed by atoms with E-state index in [2.05, 4.69) is 9.97 Å². The second-order valence-electron chi connectivity index (χ2n) is 3.79. The third-order valence-electron chi connectivity index (χ3n) is 2.65. The SMILES string of the molecule is CCN(CC)C(=O)c1c(C)nc(C)nc1C. The third-order valence-corrected chi connectivity index (χ3v) is 2.65. The summed E-state index contributed by atoms with van der Waals surface area (Å²) >= 11 is 0. The molecule has 0 aromatic carbocycles. The number of hydrogen-bond acceptors (Lipinski definition) is 3. The molecule has 1 rings (SSSR count). The van der Waals surface area contributed by atoms with Crippen molar-refractivity contribution in [1.29, 1.82) is 0 Å². The van der Waals surface area contributed by atoms with Crippen LogP contribution >= 0.6 is 0 Å². The van der Waals surface area contributed by atoms with Gasteiger partial charge in [0.2, 0.25) is 0 Å². The number of rotatable bonds is 3. The minimum atomic E-state index is 0.0278. The van der Waals surface area contributed by atoms with Crippen LogP contribution in [0.4, 0.5) is 0 Å². The molecule has 4 heteroatoms. The van der Waals surface area contributed by atoms with Gasteiger partial charge in [0.05, 0.1) is 17.0 Å². The summed E-state index contributed by atoms with van der Waals surface area (Å²) in [6.45, 7) is 10.9. The molecule has 1 amide bonds. The van der Waals surface area contributed by atoms with Gasteiger partial charge in [-0.2, -0.15) is 0 Å². The normalized spacial score (nSPS) is 10.3. The molecule has 0 aliphatic heterocycles. The lowest BCUT2D eigenvalue weighted by Crippen LogP contribution is -2.32. The van der Waals surface area contributed by atoms with Crippen LogP contribution in [-0.2, 0) is 0 Å². The van der Waals surface area contributed by atoms with Gasteiger partial charge in [0, 0.05) is 13.1 Å². The van der Waals surface area contributed by atoms with Crippen LogP contribution in [0.2, 0.25) is 0 Å². The monoisotopic (exact) mass is 221 g/mol. The molecule has 0 aliphatic rings. The Bertz CT molecular complexity index is 374. The quantitative estimate of drug-likeness (QED) is 0.783. The zero-order valence-electron chi connectivity index (χ0n) is 10.7. The molecule has 0 spiro atoms. The lowest BCUT2D eigenvalue weighted by Gasteiger charge is -2.20. The van der Waals surface area contributed by atoms with Crippen LogP contribution in [-0.4, -0.2) is 33.9 Å². The third kappa shape index (κ3) is 2.38. The van der Waals surface area contributed by atoms with Crippen molar-refractivity contribution in [3.05, 3.63) is 22.8 Å². The highest BCUT2D eigenvalue weighted by atomic mass is 16.2. The molecular weight excluding hydrogens is 202 g/mol. The van der Waals surface area contributed by atoms with Gasteiger partial charge in [-0.3, -0.25) is 4.79 Å². The molecule has 0 atom stereocenters. The molecule has 1 heterocycles. The second-order valence-corrected chi connectivity index (χ2v) is 3.79. The number of amides is 1. The molecule has 0 saturated heterocycles. The zero-order chi connectivity index (χ0) is 12.3. The highest BCUT2D eigenvalue weighted by Gasteiger charge is 2.19. The summed E-state index contributed by atoms with van der Waals surface area (Å²) < 4.78 is 0. The summed E-state index contributed by atoms with van der Waals surface area (Å²) in [6, 6.07) is 0. The molecule has 1 aromatic heterocycles. The maximum Gasteiger partial charge on any atom is 0.257 e. The minimum Gasteiger partial charge on any atom is -0.339 e. The number of hydrogen-bond donors (Lipinski definition) is 0. The first kappa shape index (κ1) is 12.6. The van der Waals surface area contributed by atoms with Gasteiger partial charge in [-0.1, -0.05) is 0 Å². The lowest BCUT2D eigenvalue weighted by atomic mass is 10.1. The topological polar surface area (TPSA) is 46.1 Å². The van der Waals surface area contributed by atoms with Crippen LogP contribution in [0.3, 0.4) is 0 Å². The summed E-state index contributed by atoms with van der Waals surface area (Å²) in [5.41, 5.74) is 2.18. The van der Waals surface area contributed by atoms with Crippen LogP contribution in [0, 0.1) is 20.8 Å². The predicted molar refractivity (Wildman–Crippen MR) is 63.5 cm³/mol. The van der Waals surface area contributed by atoms with Gasteiger partial charge in [0.15, 0.2) is 0 Å². The fourth-order valence-corrected chi connectivity index (χ4v) is 1.86. The molecule has 1 aromatic rings. The Morgan fingerprint density at radius 3 is 1.88 bits per heavy atom. The average molecular weight is 221 g/mol. The van der Waals surface area contributed by atoms with E-state index in [-0.39, 0.29) is 5.91 Å². The molecule has 0 N–H and O–H groups in total. The Morgan fingerprint density at radius 2 is 1.50 bits per heavy atom. The van der Waals surface area contributed by atoms with E-state index < -0.39 is 0 Å². The van der Waals surface area contributed by atoms with Crippen molar-refractivity contribution in [2.75, 3.05) is 13.1 Å². The van der Waals surface area contributed by atoms with Crippen molar-refractivity contribution >= 4 is 5.91 Å². The molecule has 88 valence electrons. The van der Waals surface area contributed by atoms with Crippen LogP contribution in [0.5, 0.6) is 0 Å². The van der Waals surface area contributed by atoms with Crippen molar-refractivity contribution < 1.29 is 4.79 Å². The standard InChI is InChI=1S/C12H19N3O/c1-6-15(7-2)12(16)11-8(3)13-10(5)14-9(11)4/h6-7H2,1-5H3. The summed E-state index contributed by atoms with van der Waals surface area (Å²) in [6.07, 6.45) is 0. The van der Waals surface area contributed by atoms with E-state index in [1.54, 1.807) is 4.90 Å². The van der Waals surface area contributed by atoms with Crippen LogP contribution in [0.15, 0.2) is 0 Å². The molecule has 0 fully saturated rings. The van der Waals surface area contributed by atoms with E-state index in [9.17, 15) is 4.79 Å². The maximum atomic E-state index is 12.2. The minimum absolute atomic E-state index is 0.0278. The van der Waals surface area contributed by atoms with E-state index in [4.69, 9.17) is 0 Å². The largest absolute Gasteiger partial charge is 0.339 e. The summed E-state index contributed by atoms with van der Waals surface area (Å²) in [4.78, 5) is 22.5. The van der Waals surface area contributed by atoms with E-state index in [1.807, 2.05) is 34.6 Å². The van der Waals surface area contributed by atoms with Gasteiger partial charge in [0.1, 0.15) is 5.82 Å². The smallest absolute Gasteiger partial charge is 0.257 e. The molecule has 0 aliphatic carbocycles. The van der Waals surface area contributed by atoms with E-state index in [1.165, 1.54) is 0 Å². The molecule has 0 unspecified atom stereocenters. The van der Waals surface area contributed by atoms with Gasteiger partial charge in [0.25, 0.3) is 5.91 Å². The number of aromatic nitrogens is 2. The van der Waals surface area contributed by atoms with Gasteiger partial charge in [-0.25, -0.2) is 9.97 Å². The highest BCUT2D eigenvalue weighted by molar-refractivity contribution is 5.96. The van der Waals surface area contributed by atoms with Crippen molar-refractivity contribution in [3.8, 4) is 0 Å². The maximum absolute atomic E-state index is 12.2. The van der Waals surface area contributed by atoms with Gasteiger partial charge in [-0.15, -0.1) is 0 Å². The lowest BCUT2D eigenvalue weighted by molar-refractivity contribution is 0.0770. The Kier molecular flexibility index (Phi) is 3.99. The van der Waals surface area contributed by atoms with Gasteiger partial charge < -0.3 is 4.90 Å². The Labute approximate surface area is 96.7 Å². The van der Waals surface area contributed by atoms with Crippen LogP contribution in [0.25, 0.3) is 0 Å². The van der Waals surface area contributed by atoms with Crippen LogP contribution in [0.1, 0.15) is 41.4 Å². The van der Waals surface area contributed by atoms with Crippen LogP contribution < -0.4 is 0 Å². The van der Waals surface area contributed by atoms with E-state index >= 15 is 0 Å². The fraction of sp³-hybridized carbons (Fsp3) is 0.583. The summed E-state index contributed by atoms with van der Waals surface area (Å²) in [7, 11) is 0. The first-order chi connectivity index (χ1) is 7.51. The van der Waals surface area contributed by atoms with Crippen molar-refractivity contribution in [2.24, 2.45) is 0 Å². The molecule has 0 saturated carbocycles. The molecule has 0 radical (unpaired) electrons. The number of aryl methyl sites for hydroxylation is 3. The second kappa shape index (κ2) is 5.05. The zero-order valence-corrected chi connectivity index (χ0v) is 10.7. The van der Waals surface area contributed by atoms with Gasteiger partial charge in [-0.05, 0) is 34.6 Å². The average Bonchev–Trinajstić information content (AvgIpc) is 2.17. The first-order valence-electron chi connectivity index (χ1n) is 5.62. The summed E-state index contributed by atoms with van der Waals surface area (Å²) in [5, 5.41) is 0. The van der Waals surface area contributed by atoms with Crippen molar-refractivity contribution in [2.45, 2.75) is 34.6 Å². The Balaban J connectivity index is 3.18. The van der Waals surface area contributed by atoms with Gasteiger partial charge >= 0.3 is 0 Å². The summed E-state index contributed by atoms with van der Waals surface area (Å²) in [5.74, 6) is 0.742. The highest BCUT2D eigenvalue weighted by Crippen LogP contribution is 2.13. The molecule has 4 nitrogen and oxygen atoms in total. The first-order valence-corrected chi connectivity index (χ1v) is 5.62. The number of nitrogens with zero attached hydrogens (tertiary/aromatic N) is 3. The Morgan fingerprint density at radius 1 is 1.06 bits per heavy atom. The van der Waals surface area contributed by atoms with Crippen molar-refractivity contribution in [1.82, 2.24) is 14.9 Å². The Hall–Kier alpha value is -1.45. The molecule has 0 bridgehead atoms. The fourth-order valence-electron chi connectivity index (χ4n) is 1.86. The van der Waals surface area contributed by atoms with Crippen molar-refractivity contribution in [3.63, 3.8) is 0 Å². The number of carbonyl (C=O) groups excluding carboxylic acids is 1. The number of carbonyl (C=O) groups is 1. The molecular formula is C12H19N3O. The van der Waals surface area contributed by atoms with E-state index in [0.717, 1.165) is 11.4 Å².